The summed E-state index contributed by atoms with van der Waals surface area (Å²) in [5, 5.41) is 0. The Hall–Kier alpha value is -1.33. The van der Waals surface area contributed by atoms with Gasteiger partial charge in [-0.3, -0.25) is 0 Å². The summed E-state index contributed by atoms with van der Waals surface area (Å²) < 4.78 is 4.75. The lowest BCUT2D eigenvalue weighted by Gasteiger charge is -1.96. The van der Waals surface area contributed by atoms with Gasteiger partial charge in [-0.1, -0.05) is 0 Å². The van der Waals surface area contributed by atoms with Crippen LogP contribution < -0.4 is 5.73 Å². The summed E-state index contributed by atoms with van der Waals surface area (Å²) in [5.41, 5.74) is 8.73. The van der Waals surface area contributed by atoms with Gasteiger partial charge in [0.05, 0.1) is 17.7 Å². The van der Waals surface area contributed by atoms with Crippen molar-refractivity contribution in [1.29, 1.82) is 0 Å². The van der Waals surface area contributed by atoms with E-state index in [1.165, 1.54) is 28.9 Å². The molecule has 0 aliphatic carbocycles. The molecule has 0 unspecified atom stereocenters. The second kappa shape index (κ2) is 4.74. The molecule has 2 heterocycles. The molecule has 0 saturated heterocycles. The Bertz CT molecular complexity index is 591. The Kier molecular flexibility index (Phi) is 3.45. The van der Waals surface area contributed by atoms with Crippen LogP contribution in [-0.4, -0.2) is 13.1 Å². The van der Waals surface area contributed by atoms with Crippen molar-refractivity contribution in [2.45, 2.75) is 20.8 Å². The van der Waals surface area contributed by atoms with Gasteiger partial charge in [0.2, 0.25) is 0 Å². The highest BCUT2D eigenvalue weighted by molar-refractivity contribution is 7.23. The topological polar surface area (TPSA) is 52.3 Å². The van der Waals surface area contributed by atoms with Crippen LogP contribution in [0.1, 0.15) is 25.7 Å². The zero-order valence-corrected chi connectivity index (χ0v) is 12.4. The Morgan fingerprint density at radius 2 is 1.94 bits per heavy atom. The molecule has 0 radical (unpaired) electrons. The van der Waals surface area contributed by atoms with Crippen LogP contribution >= 0.6 is 22.7 Å². The van der Waals surface area contributed by atoms with Gasteiger partial charge in [0, 0.05) is 9.75 Å². The van der Waals surface area contributed by atoms with Crippen molar-refractivity contribution in [3.05, 3.63) is 26.9 Å². The zero-order valence-electron chi connectivity index (χ0n) is 10.8. The molecular weight excluding hydrogens is 266 g/mol. The summed E-state index contributed by atoms with van der Waals surface area (Å²) >= 11 is 3.13. The van der Waals surface area contributed by atoms with Crippen molar-refractivity contribution in [3.8, 4) is 9.75 Å². The van der Waals surface area contributed by atoms with E-state index in [-0.39, 0.29) is 5.97 Å². The van der Waals surface area contributed by atoms with Crippen LogP contribution in [0.15, 0.2) is 6.07 Å². The minimum absolute atomic E-state index is 0.364. The predicted molar refractivity (Wildman–Crippen MR) is 77.6 cm³/mol. The number of esters is 1. The molecule has 2 N–H and O–H groups in total. The van der Waals surface area contributed by atoms with E-state index in [9.17, 15) is 4.79 Å². The SMILES string of the molecule is COC(=O)c1sc(-c2cc(C)c(C)s2)c(C)c1N. The maximum absolute atomic E-state index is 11.6. The number of rotatable bonds is 2. The number of carbonyl (C=O) groups excluding carboxylic acids is 1. The maximum atomic E-state index is 11.6. The van der Waals surface area contributed by atoms with Gasteiger partial charge in [-0.25, -0.2) is 4.79 Å². The van der Waals surface area contributed by atoms with E-state index >= 15 is 0 Å². The molecule has 0 amide bonds. The third-order valence-electron chi connectivity index (χ3n) is 2.95. The first-order valence-electron chi connectivity index (χ1n) is 5.50. The largest absolute Gasteiger partial charge is 0.465 e. The molecule has 3 nitrogen and oxygen atoms in total. The first-order valence-corrected chi connectivity index (χ1v) is 7.13. The van der Waals surface area contributed by atoms with Gasteiger partial charge in [0.25, 0.3) is 0 Å². The minimum atomic E-state index is -0.364. The first kappa shape index (κ1) is 13.1. The lowest BCUT2D eigenvalue weighted by Crippen LogP contribution is -2.01. The predicted octanol–water partition coefficient (Wildman–Crippen LogP) is 3.77. The third-order valence-corrected chi connectivity index (χ3v) is 5.57. The second-order valence-corrected chi connectivity index (χ2v) is 6.42. The van der Waals surface area contributed by atoms with E-state index in [1.54, 1.807) is 11.3 Å². The summed E-state index contributed by atoms with van der Waals surface area (Å²) in [7, 11) is 1.37. The fourth-order valence-electron chi connectivity index (χ4n) is 1.69. The van der Waals surface area contributed by atoms with Crippen LogP contribution in [0.25, 0.3) is 9.75 Å². The fourth-order valence-corrected chi connectivity index (χ4v) is 4.03. The van der Waals surface area contributed by atoms with Crippen LogP contribution in [0.3, 0.4) is 0 Å². The van der Waals surface area contributed by atoms with Crippen LogP contribution in [-0.2, 0) is 4.74 Å². The summed E-state index contributed by atoms with van der Waals surface area (Å²) in [6, 6.07) is 2.14. The normalized spacial score (nSPS) is 10.7. The molecule has 2 aromatic rings. The number of carbonyl (C=O) groups is 1. The highest BCUT2D eigenvalue weighted by Crippen LogP contribution is 2.42. The average Bonchev–Trinajstić information content (AvgIpc) is 2.82. The van der Waals surface area contributed by atoms with Crippen molar-refractivity contribution in [1.82, 2.24) is 0 Å². The highest BCUT2D eigenvalue weighted by atomic mass is 32.1. The number of nitrogens with two attached hydrogens (primary N) is 1. The Morgan fingerprint density at radius 1 is 1.28 bits per heavy atom. The van der Waals surface area contributed by atoms with Crippen molar-refractivity contribution in [2.75, 3.05) is 12.8 Å². The van der Waals surface area contributed by atoms with Crippen molar-refractivity contribution < 1.29 is 9.53 Å². The number of nitrogen functional groups attached to an aromatic ring is 1. The average molecular weight is 281 g/mol. The molecule has 0 fully saturated rings. The number of hydrogen-bond donors (Lipinski definition) is 1. The Labute approximate surface area is 114 Å². The Balaban J connectivity index is 2.56. The molecule has 0 saturated carbocycles. The molecule has 0 aliphatic rings. The Morgan fingerprint density at radius 3 is 2.44 bits per heavy atom. The van der Waals surface area contributed by atoms with E-state index in [1.807, 2.05) is 6.92 Å². The second-order valence-electron chi connectivity index (χ2n) is 4.14. The number of methoxy groups -OCH3 is 1. The molecule has 96 valence electrons. The van der Waals surface area contributed by atoms with E-state index < -0.39 is 0 Å². The van der Waals surface area contributed by atoms with Crippen molar-refractivity contribution in [3.63, 3.8) is 0 Å². The van der Waals surface area contributed by atoms with Gasteiger partial charge in [-0.2, -0.15) is 0 Å². The molecule has 18 heavy (non-hydrogen) atoms. The smallest absolute Gasteiger partial charge is 0.350 e. The van der Waals surface area contributed by atoms with Crippen LogP contribution in [0, 0.1) is 20.8 Å². The number of hydrogen-bond acceptors (Lipinski definition) is 5. The number of aryl methyl sites for hydroxylation is 2. The highest BCUT2D eigenvalue weighted by Gasteiger charge is 2.20. The van der Waals surface area contributed by atoms with Gasteiger partial charge < -0.3 is 10.5 Å². The number of anilines is 1. The number of ether oxygens (including phenoxy) is 1. The molecule has 0 aliphatic heterocycles. The van der Waals surface area contributed by atoms with E-state index in [0.29, 0.717) is 10.6 Å². The van der Waals surface area contributed by atoms with Gasteiger partial charge in [0.1, 0.15) is 4.88 Å². The summed E-state index contributed by atoms with van der Waals surface area (Å²) in [6.07, 6.45) is 0. The van der Waals surface area contributed by atoms with Gasteiger partial charge in [-0.15, -0.1) is 22.7 Å². The molecule has 5 heteroatoms. The summed E-state index contributed by atoms with van der Waals surface area (Å²) in [4.78, 5) is 15.6. The molecule has 0 aromatic carbocycles. The van der Waals surface area contributed by atoms with E-state index in [0.717, 1.165) is 15.3 Å². The standard InChI is InChI=1S/C13H15NO2S2/c1-6-5-9(17-8(6)3)11-7(2)10(14)12(18-11)13(15)16-4/h5H,14H2,1-4H3. The molecule has 2 aromatic heterocycles. The molecule has 0 bridgehead atoms. The van der Waals surface area contributed by atoms with E-state index in [2.05, 4.69) is 19.9 Å². The lowest BCUT2D eigenvalue weighted by atomic mass is 10.2. The molecular formula is C13H15NO2S2. The third kappa shape index (κ3) is 2.04. The monoisotopic (exact) mass is 281 g/mol. The van der Waals surface area contributed by atoms with Gasteiger partial charge >= 0.3 is 5.97 Å². The van der Waals surface area contributed by atoms with Crippen molar-refractivity contribution in [2.24, 2.45) is 0 Å². The first-order chi connectivity index (χ1) is 8.45. The van der Waals surface area contributed by atoms with Crippen LogP contribution in [0.4, 0.5) is 5.69 Å². The quantitative estimate of drug-likeness (QED) is 0.852. The van der Waals surface area contributed by atoms with Crippen LogP contribution in [0.2, 0.25) is 0 Å². The van der Waals surface area contributed by atoms with Crippen LogP contribution in [0.5, 0.6) is 0 Å². The molecule has 0 atom stereocenters. The minimum Gasteiger partial charge on any atom is -0.465 e. The van der Waals surface area contributed by atoms with E-state index in [4.69, 9.17) is 10.5 Å². The summed E-state index contributed by atoms with van der Waals surface area (Å²) in [6.45, 7) is 6.12. The van der Waals surface area contributed by atoms with Gasteiger partial charge in [0.15, 0.2) is 0 Å². The molecule has 2 rings (SSSR count). The molecule has 0 spiro atoms. The lowest BCUT2D eigenvalue weighted by molar-refractivity contribution is 0.0607. The number of thiophene rings is 2. The zero-order chi connectivity index (χ0) is 13.4. The van der Waals surface area contributed by atoms with Crippen molar-refractivity contribution >= 4 is 34.3 Å². The fraction of sp³-hybridized carbons (Fsp3) is 0.308. The summed E-state index contributed by atoms with van der Waals surface area (Å²) in [5.74, 6) is -0.364. The maximum Gasteiger partial charge on any atom is 0.350 e. The van der Waals surface area contributed by atoms with Gasteiger partial charge in [-0.05, 0) is 38.0 Å².